The van der Waals surface area contributed by atoms with E-state index in [2.05, 4.69) is 4.98 Å². The number of nitrogens with zero attached hydrogens (tertiary/aromatic N) is 2. The molecule has 1 aromatic heterocycles. The second kappa shape index (κ2) is 8.61. The molecule has 0 aliphatic carbocycles. The maximum Gasteiger partial charge on any atom is 0.303 e. The van der Waals surface area contributed by atoms with Crippen molar-refractivity contribution in [1.29, 1.82) is 0 Å². The number of hydrogen-bond donors (Lipinski definition) is 1. The zero-order valence-electron chi connectivity index (χ0n) is 15.3. The quantitative estimate of drug-likeness (QED) is 0.812. The molecule has 2 aromatic rings. The molecule has 1 fully saturated rings. The first-order chi connectivity index (χ1) is 12.9. The molecule has 1 saturated heterocycles. The standard InChI is InChI=1S/C20H23FN2O3S/c1-13-19(27-17(22-13)11-14-4-7-16(21)8-5-14)20(26)23-10-2-3-15(12-23)6-9-18(24)25/h4-5,7-8,15H,2-3,6,9-12H2,1H3,(H,24,25). The van der Waals surface area contributed by atoms with Crippen molar-refractivity contribution >= 4 is 23.2 Å². The van der Waals surface area contributed by atoms with Crippen LogP contribution in [0, 0.1) is 18.7 Å². The van der Waals surface area contributed by atoms with Gasteiger partial charge in [-0.05, 0) is 49.8 Å². The number of benzene rings is 1. The predicted octanol–water partition coefficient (Wildman–Crippen LogP) is 3.90. The summed E-state index contributed by atoms with van der Waals surface area (Å²) in [6.45, 7) is 3.15. The van der Waals surface area contributed by atoms with E-state index in [0.717, 1.165) is 29.1 Å². The first-order valence-corrected chi connectivity index (χ1v) is 9.96. The van der Waals surface area contributed by atoms with E-state index in [1.807, 2.05) is 11.8 Å². The third-order valence-corrected chi connectivity index (χ3v) is 6.02. The zero-order valence-corrected chi connectivity index (χ0v) is 16.1. The Kier molecular flexibility index (Phi) is 6.21. The van der Waals surface area contributed by atoms with Gasteiger partial charge in [0.05, 0.1) is 10.7 Å². The van der Waals surface area contributed by atoms with Crippen molar-refractivity contribution in [3.8, 4) is 0 Å². The van der Waals surface area contributed by atoms with E-state index in [4.69, 9.17) is 5.11 Å². The van der Waals surface area contributed by atoms with Crippen LogP contribution >= 0.6 is 11.3 Å². The van der Waals surface area contributed by atoms with Gasteiger partial charge in [-0.15, -0.1) is 11.3 Å². The number of aromatic nitrogens is 1. The molecule has 2 heterocycles. The topological polar surface area (TPSA) is 70.5 Å². The number of amides is 1. The first kappa shape index (κ1) is 19.5. The molecule has 3 rings (SSSR count). The van der Waals surface area contributed by atoms with Gasteiger partial charge in [0, 0.05) is 25.9 Å². The number of aliphatic carboxylic acids is 1. The van der Waals surface area contributed by atoms with Crippen LogP contribution in [-0.2, 0) is 11.2 Å². The largest absolute Gasteiger partial charge is 0.481 e. The molecule has 0 radical (unpaired) electrons. The average Bonchev–Trinajstić information content (AvgIpc) is 3.01. The predicted molar refractivity (Wildman–Crippen MR) is 102 cm³/mol. The number of carbonyl (C=O) groups is 2. The van der Waals surface area contributed by atoms with Crippen molar-refractivity contribution in [2.75, 3.05) is 13.1 Å². The molecule has 0 spiro atoms. The highest BCUT2D eigenvalue weighted by Gasteiger charge is 2.27. The molecule has 1 unspecified atom stereocenters. The molecule has 1 aliphatic heterocycles. The Balaban J connectivity index is 1.66. The lowest BCUT2D eigenvalue weighted by Crippen LogP contribution is -2.40. The lowest BCUT2D eigenvalue weighted by Gasteiger charge is -2.32. The molecule has 0 saturated carbocycles. The molecule has 144 valence electrons. The Labute approximate surface area is 161 Å². The van der Waals surface area contributed by atoms with Crippen molar-refractivity contribution in [1.82, 2.24) is 9.88 Å². The Bertz CT molecular complexity index is 819. The van der Waals surface area contributed by atoms with Crippen molar-refractivity contribution in [2.24, 2.45) is 5.92 Å². The summed E-state index contributed by atoms with van der Waals surface area (Å²) in [5.41, 5.74) is 1.67. The average molecular weight is 390 g/mol. The van der Waals surface area contributed by atoms with Crippen LogP contribution in [0.15, 0.2) is 24.3 Å². The van der Waals surface area contributed by atoms with Crippen molar-refractivity contribution in [3.05, 3.63) is 51.2 Å². The summed E-state index contributed by atoms with van der Waals surface area (Å²) in [5, 5.41) is 9.70. The summed E-state index contributed by atoms with van der Waals surface area (Å²) in [4.78, 5) is 30.7. The lowest BCUT2D eigenvalue weighted by molar-refractivity contribution is -0.137. The van der Waals surface area contributed by atoms with E-state index >= 15 is 0 Å². The van der Waals surface area contributed by atoms with Crippen LogP contribution in [0.25, 0.3) is 0 Å². The number of thiazole rings is 1. The smallest absolute Gasteiger partial charge is 0.303 e. The van der Waals surface area contributed by atoms with Crippen molar-refractivity contribution < 1.29 is 19.1 Å². The summed E-state index contributed by atoms with van der Waals surface area (Å²) in [7, 11) is 0. The van der Waals surface area contributed by atoms with Gasteiger partial charge in [0.1, 0.15) is 10.7 Å². The monoisotopic (exact) mass is 390 g/mol. The second-order valence-corrected chi connectivity index (χ2v) is 8.10. The van der Waals surface area contributed by atoms with Crippen LogP contribution < -0.4 is 0 Å². The molecule has 1 atom stereocenters. The van der Waals surface area contributed by atoms with E-state index in [0.29, 0.717) is 30.8 Å². The van der Waals surface area contributed by atoms with Crippen LogP contribution in [0.2, 0.25) is 0 Å². The minimum atomic E-state index is -0.790. The fourth-order valence-corrected chi connectivity index (χ4v) is 4.53. The zero-order chi connectivity index (χ0) is 19.4. The third kappa shape index (κ3) is 5.13. The van der Waals surface area contributed by atoms with Crippen LogP contribution in [0.4, 0.5) is 4.39 Å². The number of carboxylic acid groups (broad SMARTS) is 1. The van der Waals surface area contributed by atoms with E-state index in [1.54, 1.807) is 12.1 Å². The number of piperidine rings is 1. The molecule has 1 aromatic carbocycles. The van der Waals surface area contributed by atoms with Crippen molar-refractivity contribution in [3.63, 3.8) is 0 Å². The highest BCUT2D eigenvalue weighted by atomic mass is 32.1. The Morgan fingerprint density at radius 2 is 2.07 bits per heavy atom. The van der Waals surface area contributed by atoms with Gasteiger partial charge in [-0.25, -0.2) is 9.37 Å². The number of carbonyl (C=O) groups excluding carboxylic acids is 1. The summed E-state index contributed by atoms with van der Waals surface area (Å²) in [6, 6.07) is 6.30. The number of rotatable bonds is 6. The van der Waals surface area contributed by atoms with Gasteiger partial charge in [0.25, 0.3) is 5.91 Å². The maximum atomic E-state index is 13.0. The molecule has 1 amide bonds. The van der Waals surface area contributed by atoms with Gasteiger partial charge >= 0.3 is 5.97 Å². The fourth-order valence-electron chi connectivity index (χ4n) is 3.46. The van der Waals surface area contributed by atoms with Crippen LogP contribution in [-0.4, -0.2) is 40.0 Å². The highest BCUT2D eigenvalue weighted by Crippen LogP contribution is 2.26. The normalized spacial score (nSPS) is 17.1. The molecule has 1 N–H and O–H groups in total. The third-order valence-electron chi connectivity index (χ3n) is 4.88. The summed E-state index contributed by atoms with van der Waals surface area (Å²) in [6.07, 6.45) is 3.19. The molecule has 1 aliphatic rings. The number of aryl methyl sites for hydroxylation is 1. The minimum Gasteiger partial charge on any atom is -0.481 e. The fraction of sp³-hybridized carbons (Fsp3) is 0.450. The summed E-state index contributed by atoms with van der Waals surface area (Å²) >= 11 is 1.39. The van der Waals surface area contributed by atoms with E-state index in [-0.39, 0.29) is 24.1 Å². The van der Waals surface area contributed by atoms with E-state index in [9.17, 15) is 14.0 Å². The lowest BCUT2D eigenvalue weighted by atomic mass is 9.93. The van der Waals surface area contributed by atoms with Gasteiger partial charge in [0.15, 0.2) is 0 Å². The van der Waals surface area contributed by atoms with Gasteiger partial charge in [-0.3, -0.25) is 9.59 Å². The molecular weight excluding hydrogens is 367 g/mol. The first-order valence-electron chi connectivity index (χ1n) is 9.14. The Hall–Kier alpha value is -2.28. The molecule has 0 bridgehead atoms. The highest BCUT2D eigenvalue weighted by molar-refractivity contribution is 7.13. The maximum absolute atomic E-state index is 13.0. The Morgan fingerprint density at radius 1 is 1.33 bits per heavy atom. The minimum absolute atomic E-state index is 0.0182. The molecule has 27 heavy (non-hydrogen) atoms. The van der Waals surface area contributed by atoms with Gasteiger partial charge in [0.2, 0.25) is 0 Å². The molecule has 7 heteroatoms. The summed E-state index contributed by atoms with van der Waals surface area (Å²) in [5.74, 6) is -0.837. The van der Waals surface area contributed by atoms with Gasteiger partial charge in [-0.2, -0.15) is 0 Å². The Morgan fingerprint density at radius 3 is 2.78 bits per heavy atom. The van der Waals surface area contributed by atoms with E-state index < -0.39 is 5.97 Å². The van der Waals surface area contributed by atoms with Crippen LogP contribution in [0.1, 0.15) is 51.6 Å². The van der Waals surface area contributed by atoms with Gasteiger partial charge in [-0.1, -0.05) is 12.1 Å². The number of halogens is 1. The van der Waals surface area contributed by atoms with Crippen LogP contribution in [0.3, 0.4) is 0 Å². The van der Waals surface area contributed by atoms with Crippen LogP contribution in [0.5, 0.6) is 0 Å². The second-order valence-electron chi connectivity index (χ2n) is 7.02. The SMILES string of the molecule is Cc1nc(Cc2ccc(F)cc2)sc1C(=O)N1CCCC(CCC(=O)O)C1. The summed E-state index contributed by atoms with van der Waals surface area (Å²) < 4.78 is 13.0. The molecular formula is C20H23FN2O3S. The molecule has 5 nitrogen and oxygen atoms in total. The number of likely N-dealkylation sites (tertiary alicyclic amines) is 1. The number of hydrogen-bond acceptors (Lipinski definition) is 4. The number of carboxylic acids is 1. The van der Waals surface area contributed by atoms with E-state index in [1.165, 1.54) is 23.5 Å². The van der Waals surface area contributed by atoms with Gasteiger partial charge < -0.3 is 10.0 Å². The van der Waals surface area contributed by atoms with Crippen molar-refractivity contribution in [2.45, 2.75) is 39.0 Å².